The molecule has 0 bridgehead atoms. The van der Waals surface area contributed by atoms with E-state index in [0.717, 1.165) is 49.6 Å². The highest BCUT2D eigenvalue weighted by Crippen LogP contribution is 2.43. The molecule has 0 saturated carbocycles. The maximum absolute atomic E-state index is 5.19. The van der Waals surface area contributed by atoms with Crippen molar-refractivity contribution in [2.45, 2.75) is 0 Å². The van der Waals surface area contributed by atoms with Gasteiger partial charge < -0.3 is 4.57 Å². The molecule has 4 nitrogen and oxygen atoms in total. The van der Waals surface area contributed by atoms with E-state index in [1.165, 1.54) is 49.2 Å². The van der Waals surface area contributed by atoms with Crippen LogP contribution in [-0.4, -0.2) is 19.5 Å². The van der Waals surface area contributed by atoms with E-state index in [1.54, 1.807) is 0 Å². The monoisotopic (exact) mass is 776 g/mol. The van der Waals surface area contributed by atoms with Crippen LogP contribution >= 0.6 is 0 Å². The summed E-state index contributed by atoms with van der Waals surface area (Å²) in [6, 6.07) is 77.7. The third-order valence-electron chi connectivity index (χ3n) is 12.0. The van der Waals surface area contributed by atoms with Gasteiger partial charge in [-0.05, 0) is 85.6 Å². The zero-order valence-electron chi connectivity index (χ0n) is 33.1. The van der Waals surface area contributed by atoms with Crippen molar-refractivity contribution in [1.29, 1.82) is 0 Å². The first-order valence-electron chi connectivity index (χ1n) is 20.7. The molecular formula is C57H36N4. The van der Waals surface area contributed by atoms with Gasteiger partial charge in [-0.15, -0.1) is 0 Å². The fourth-order valence-electron chi connectivity index (χ4n) is 9.17. The van der Waals surface area contributed by atoms with Crippen LogP contribution in [0.1, 0.15) is 0 Å². The van der Waals surface area contributed by atoms with Gasteiger partial charge in [0.15, 0.2) is 17.5 Å². The summed E-state index contributed by atoms with van der Waals surface area (Å²) in [6.45, 7) is 0. The number of hydrogen-bond acceptors (Lipinski definition) is 3. The quantitative estimate of drug-likeness (QED) is 0.158. The lowest BCUT2D eigenvalue weighted by molar-refractivity contribution is 1.08. The van der Waals surface area contributed by atoms with E-state index in [2.05, 4.69) is 187 Å². The van der Waals surface area contributed by atoms with Crippen molar-refractivity contribution in [1.82, 2.24) is 19.5 Å². The highest BCUT2D eigenvalue weighted by Gasteiger charge is 2.20. The number of rotatable bonds is 6. The van der Waals surface area contributed by atoms with Gasteiger partial charge >= 0.3 is 0 Å². The molecule has 0 unspecified atom stereocenters. The van der Waals surface area contributed by atoms with E-state index < -0.39 is 0 Å². The van der Waals surface area contributed by atoms with E-state index in [1.807, 2.05) is 36.4 Å². The van der Waals surface area contributed by atoms with Gasteiger partial charge in [0.05, 0.1) is 11.0 Å². The van der Waals surface area contributed by atoms with Crippen molar-refractivity contribution in [2.75, 3.05) is 0 Å². The maximum Gasteiger partial charge on any atom is 0.164 e. The Morgan fingerprint density at radius 1 is 0.262 bits per heavy atom. The van der Waals surface area contributed by atoms with Crippen LogP contribution in [0.25, 0.3) is 116 Å². The Bertz CT molecular complexity index is 3460. The fraction of sp³-hybridized carbons (Fsp3) is 0. The largest absolute Gasteiger partial charge is 0.309 e. The van der Waals surface area contributed by atoms with Crippen LogP contribution in [0.2, 0.25) is 0 Å². The van der Waals surface area contributed by atoms with Crippen molar-refractivity contribution in [3.05, 3.63) is 218 Å². The highest BCUT2D eigenvalue weighted by atomic mass is 15.0. The maximum atomic E-state index is 5.19. The molecule has 0 aliphatic carbocycles. The van der Waals surface area contributed by atoms with Crippen molar-refractivity contribution in [3.8, 4) is 62.1 Å². The number of hydrogen-bond donors (Lipinski definition) is 0. The van der Waals surface area contributed by atoms with Crippen LogP contribution in [0.4, 0.5) is 0 Å². The Balaban J connectivity index is 1.12. The molecule has 0 amide bonds. The molecule has 0 atom stereocenters. The second-order valence-corrected chi connectivity index (χ2v) is 15.6. The highest BCUT2D eigenvalue weighted by molar-refractivity contribution is 6.28. The SMILES string of the molecule is c1ccc(-c2ccc3c(c2)c2cc(-c4ccccc4)ccc2n3-c2ccc3c4ccccc4c4c(-c5nc(-c6ccccc6)nc(-c6ccccc6)n5)cccc4c3c2)cc1. The molecule has 0 saturated heterocycles. The number of fused-ring (bicyclic) bond motifs is 9. The summed E-state index contributed by atoms with van der Waals surface area (Å²) in [5, 5.41) is 9.43. The second kappa shape index (κ2) is 14.3. The van der Waals surface area contributed by atoms with Gasteiger partial charge in [0.25, 0.3) is 0 Å². The third kappa shape index (κ3) is 5.88. The smallest absolute Gasteiger partial charge is 0.164 e. The van der Waals surface area contributed by atoms with E-state index in [-0.39, 0.29) is 0 Å². The van der Waals surface area contributed by atoms with Gasteiger partial charge in [0.1, 0.15) is 0 Å². The van der Waals surface area contributed by atoms with E-state index in [4.69, 9.17) is 15.0 Å². The van der Waals surface area contributed by atoms with Gasteiger partial charge in [0, 0.05) is 38.5 Å². The van der Waals surface area contributed by atoms with Crippen molar-refractivity contribution in [2.24, 2.45) is 0 Å². The Hall–Kier alpha value is -8.21. The van der Waals surface area contributed by atoms with Crippen LogP contribution < -0.4 is 0 Å². The zero-order chi connectivity index (χ0) is 40.3. The molecule has 284 valence electrons. The standard InChI is InChI=1S/C57H36N4/c1-5-16-37(17-6-1)41-28-32-52-50(34-41)51-35-42(38-18-7-2-8-19-38)29-33-53(51)61(52)43-30-31-45-44-24-13-14-25-46(44)54-47(49(45)36-43)26-15-27-48(54)57-59-55(39-20-9-3-10-21-39)58-56(60-57)40-22-11-4-12-23-40/h1-36H. The Kier molecular flexibility index (Phi) is 8.13. The summed E-state index contributed by atoms with van der Waals surface area (Å²) in [5.74, 6) is 1.93. The minimum Gasteiger partial charge on any atom is -0.309 e. The van der Waals surface area contributed by atoms with Crippen molar-refractivity contribution >= 4 is 54.1 Å². The molecular weight excluding hydrogens is 741 g/mol. The predicted molar refractivity (Wildman–Crippen MR) is 254 cm³/mol. The van der Waals surface area contributed by atoms with Crippen LogP contribution in [0.5, 0.6) is 0 Å². The molecule has 0 fully saturated rings. The van der Waals surface area contributed by atoms with Gasteiger partial charge in [-0.2, -0.15) is 0 Å². The molecule has 2 aromatic heterocycles. The average molecular weight is 777 g/mol. The lowest BCUT2D eigenvalue weighted by Crippen LogP contribution is -2.01. The van der Waals surface area contributed by atoms with Crippen LogP contribution in [0, 0.1) is 0 Å². The zero-order valence-corrected chi connectivity index (χ0v) is 33.1. The second-order valence-electron chi connectivity index (χ2n) is 15.6. The van der Waals surface area contributed by atoms with Gasteiger partial charge in [0.2, 0.25) is 0 Å². The molecule has 12 rings (SSSR count). The normalized spacial score (nSPS) is 11.6. The summed E-state index contributed by atoms with van der Waals surface area (Å²) in [6.07, 6.45) is 0. The molecule has 0 N–H and O–H groups in total. The minimum atomic E-state index is 0.643. The number of aromatic nitrogens is 4. The Morgan fingerprint density at radius 3 is 1.26 bits per heavy atom. The Labute approximate surface area is 352 Å². The third-order valence-corrected chi connectivity index (χ3v) is 12.0. The lowest BCUT2D eigenvalue weighted by Gasteiger charge is -2.16. The minimum absolute atomic E-state index is 0.643. The van der Waals surface area contributed by atoms with E-state index >= 15 is 0 Å². The summed E-state index contributed by atoms with van der Waals surface area (Å²) in [7, 11) is 0. The average Bonchev–Trinajstić information content (AvgIpc) is 3.67. The molecule has 0 radical (unpaired) electrons. The van der Waals surface area contributed by atoms with Gasteiger partial charge in [-0.1, -0.05) is 182 Å². The Morgan fingerprint density at radius 2 is 0.705 bits per heavy atom. The molecule has 12 aromatic rings. The summed E-state index contributed by atoms with van der Waals surface area (Å²) < 4.78 is 2.43. The summed E-state index contributed by atoms with van der Waals surface area (Å²) in [4.78, 5) is 15.4. The van der Waals surface area contributed by atoms with Gasteiger partial charge in [-0.3, -0.25) is 0 Å². The number of nitrogens with zero attached hydrogens (tertiary/aromatic N) is 4. The van der Waals surface area contributed by atoms with Crippen LogP contribution in [-0.2, 0) is 0 Å². The molecule has 4 heteroatoms. The molecule has 10 aromatic carbocycles. The first kappa shape index (κ1) is 34.8. The number of benzene rings is 10. The molecule has 0 aliphatic heterocycles. The van der Waals surface area contributed by atoms with Gasteiger partial charge in [-0.25, -0.2) is 15.0 Å². The molecule has 2 heterocycles. The van der Waals surface area contributed by atoms with Crippen LogP contribution in [0.15, 0.2) is 218 Å². The first-order valence-corrected chi connectivity index (χ1v) is 20.7. The summed E-state index contributed by atoms with van der Waals surface area (Å²) >= 11 is 0. The molecule has 0 spiro atoms. The topological polar surface area (TPSA) is 43.6 Å². The van der Waals surface area contributed by atoms with Crippen molar-refractivity contribution in [3.63, 3.8) is 0 Å². The summed E-state index contributed by atoms with van der Waals surface area (Å²) in [5.41, 5.74) is 11.1. The van der Waals surface area contributed by atoms with E-state index in [9.17, 15) is 0 Å². The lowest BCUT2D eigenvalue weighted by atomic mass is 9.91. The first-order chi connectivity index (χ1) is 30.2. The molecule has 0 aliphatic rings. The van der Waals surface area contributed by atoms with Crippen LogP contribution in [0.3, 0.4) is 0 Å². The fourth-order valence-corrected chi connectivity index (χ4v) is 9.17. The van der Waals surface area contributed by atoms with Crippen molar-refractivity contribution < 1.29 is 0 Å². The molecule has 61 heavy (non-hydrogen) atoms. The van der Waals surface area contributed by atoms with E-state index in [0.29, 0.717) is 17.5 Å². The predicted octanol–water partition coefficient (Wildman–Crippen LogP) is 14.8.